The van der Waals surface area contributed by atoms with Gasteiger partial charge in [-0.05, 0) is 49.6 Å². The van der Waals surface area contributed by atoms with E-state index in [1.165, 1.54) is 0 Å². The summed E-state index contributed by atoms with van der Waals surface area (Å²) in [4.78, 5) is 41.7. The van der Waals surface area contributed by atoms with Crippen molar-refractivity contribution in [3.63, 3.8) is 0 Å². The lowest BCUT2D eigenvalue weighted by Crippen LogP contribution is -2.35. The number of nitrogens with one attached hydrogen (secondary N) is 1. The van der Waals surface area contributed by atoms with Crippen LogP contribution in [0.4, 0.5) is 11.4 Å². The highest BCUT2D eigenvalue weighted by atomic mass is 16.7. The fourth-order valence-electron chi connectivity index (χ4n) is 4.44. The number of carbonyl (C=O) groups is 3. The minimum Gasteiger partial charge on any atom is -0.454 e. The number of carbonyl (C=O) groups excluding carboxylic acids is 3. The van der Waals surface area contributed by atoms with Gasteiger partial charge in [0.1, 0.15) is 0 Å². The quantitative estimate of drug-likeness (QED) is 0.798. The zero-order valence-corrected chi connectivity index (χ0v) is 17.7. The third-order valence-corrected chi connectivity index (χ3v) is 6.18. The average molecular weight is 435 g/mol. The third kappa shape index (κ3) is 4.00. The molecule has 166 valence electrons. The van der Waals surface area contributed by atoms with Crippen LogP contribution in [0.25, 0.3) is 0 Å². The number of hydrogen-bond donors (Lipinski definition) is 1. The van der Waals surface area contributed by atoms with Gasteiger partial charge < -0.3 is 24.6 Å². The number of nitrogens with zero attached hydrogens (tertiary/aromatic N) is 2. The Labute approximate surface area is 186 Å². The van der Waals surface area contributed by atoms with Crippen LogP contribution in [0.15, 0.2) is 42.5 Å². The second kappa shape index (κ2) is 8.53. The maximum absolute atomic E-state index is 12.9. The summed E-state index contributed by atoms with van der Waals surface area (Å²) < 4.78 is 10.7. The van der Waals surface area contributed by atoms with Crippen LogP contribution in [0.2, 0.25) is 0 Å². The van der Waals surface area contributed by atoms with E-state index < -0.39 is 5.92 Å². The van der Waals surface area contributed by atoms with Gasteiger partial charge in [0.15, 0.2) is 11.5 Å². The zero-order valence-electron chi connectivity index (χ0n) is 17.7. The number of hydrogen-bond acceptors (Lipinski definition) is 5. The SMILES string of the molecule is O=C(Nc1cccc(C(=O)N2CCCCC2)c1)C1CC(=O)N(c2ccc3c(c2)OCO3)C1. The Morgan fingerprint density at radius 1 is 0.969 bits per heavy atom. The molecular formula is C24H25N3O5. The normalized spacial score (nSPS) is 19.9. The average Bonchev–Trinajstić information content (AvgIpc) is 3.45. The van der Waals surface area contributed by atoms with Gasteiger partial charge >= 0.3 is 0 Å². The molecule has 2 aromatic rings. The summed E-state index contributed by atoms with van der Waals surface area (Å²) in [6.45, 7) is 2.00. The lowest BCUT2D eigenvalue weighted by Gasteiger charge is -2.26. The summed E-state index contributed by atoms with van der Waals surface area (Å²) in [6, 6.07) is 12.3. The molecule has 2 saturated heterocycles. The first-order valence-electron chi connectivity index (χ1n) is 11.0. The molecule has 0 radical (unpaired) electrons. The molecule has 1 unspecified atom stereocenters. The second-order valence-electron chi connectivity index (χ2n) is 8.37. The number of fused-ring (bicyclic) bond motifs is 1. The fraction of sp³-hybridized carbons (Fsp3) is 0.375. The molecule has 5 rings (SSSR count). The van der Waals surface area contributed by atoms with Crippen LogP contribution in [0, 0.1) is 5.92 Å². The molecule has 0 aromatic heterocycles. The van der Waals surface area contributed by atoms with Crippen LogP contribution in [-0.2, 0) is 9.59 Å². The molecule has 32 heavy (non-hydrogen) atoms. The van der Waals surface area contributed by atoms with Crippen molar-refractivity contribution < 1.29 is 23.9 Å². The number of anilines is 2. The van der Waals surface area contributed by atoms with Gasteiger partial charge in [0.25, 0.3) is 5.91 Å². The van der Waals surface area contributed by atoms with Crippen molar-refractivity contribution in [2.75, 3.05) is 36.6 Å². The van der Waals surface area contributed by atoms with Crippen molar-refractivity contribution in [3.8, 4) is 11.5 Å². The van der Waals surface area contributed by atoms with Crippen LogP contribution >= 0.6 is 0 Å². The Kier molecular flexibility index (Phi) is 5.43. The molecule has 2 aromatic carbocycles. The van der Waals surface area contributed by atoms with Gasteiger partial charge in [0, 0.05) is 49.1 Å². The Morgan fingerprint density at radius 2 is 1.78 bits per heavy atom. The van der Waals surface area contributed by atoms with E-state index in [-0.39, 0.29) is 37.5 Å². The van der Waals surface area contributed by atoms with Crippen molar-refractivity contribution in [1.29, 1.82) is 0 Å². The standard InChI is InChI=1S/C24H25N3O5/c28-22-12-17(14-27(22)19-7-8-20-21(13-19)32-15-31-20)23(29)25-18-6-4-5-16(11-18)24(30)26-9-2-1-3-10-26/h4-8,11,13,17H,1-3,9-10,12,14-15H2,(H,25,29). The van der Waals surface area contributed by atoms with Gasteiger partial charge in [-0.15, -0.1) is 0 Å². The first-order chi connectivity index (χ1) is 15.6. The Morgan fingerprint density at radius 3 is 2.62 bits per heavy atom. The summed E-state index contributed by atoms with van der Waals surface area (Å²) >= 11 is 0. The van der Waals surface area contributed by atoms with E-state index in [0.717, 1.165) is 32.4 Å². The summed E-state index contributed by atoms with van der Waals surface area (Å²) in [5, 5.41) is 2.88. The molecule has 3 heterocycles. The lowest BCUT2D eigenvalue weighted by molar-refractivity contribution is -0.122. The molecule has 2 fully saturated rings. The second-order valence-corrected chi connectivity index (χ2v) is 8.37. The summed E-state index contributed by atoms with van der Waals surface area (Å²) in [6.07, 6.45) is 3.34. The van der Waals surface area contributed by atoms with Gasteiger partial charge in [-0.3, -0.25) is 14.4 Å². The number of amides is 3. The van der Waals surface area contributed by atoms with Crippen LogP contribution in [0.1, 0.15) is 36.0 Å². The molecule has 1 N–H and O–H groups in total. The van der Waals surface area contributed by atoms with Crippen molar-refractivity contribution in [3.05, 3.63) is 48.0 Å². The van der Waals surface area contributed by atoms with E-state index in [1.807, 2.05) is 4.90 Å². The molecule has 3 aliphatic rings. The molecule has 3 aliphatic heterocycles. The first kappa shape index (κ1) is 20.4. The molecule has 3 amide bonds. The van der Waals surface area contributed by atoms with E-state index in [4.69, 9.17) is 9.47 Å². The highest BCUT2D eigenvalue weighted by Gasteiger charge is 2.36. The van der Waals surface area contributed by atoms with E-state index in [0.29, 0.717) is 28.4 Å². The first-order valence-corrected chi connectivity index (χ1v) is 11.0. The smallest absolute Gasteiger partial charge is 0.253 e. The van der Waals surface area contributed by atoms with E-state index in [1.54, 1.807) is 47.4 Å². The number of ether oxygens (including phenoxy) is 2. The maximum Gasteiger partial charge on any atom is 0.253 e. The van der Waals surface area contributed by atoms with Gasteiger partial charge in [-0.2, -0.15) is 0 Å². The molecule has 8 heteroatoms. The largest absolute Gasteiger partial charge is 0.454 e. The molecule has 0 spiro atoms. The van der Waals surface area contributed by atoms with Crippen LogP contribution in [0.3, 0.4) is 0 Å². The predicted molar refractivity (Wildman–Crippen MR) is 118 cm³/mol. The maximum atomic E-state index is 12.9. The number of rotatable bonds is 4. The van der Waals surface area contributed by atoms with Crippen molar-refractivity contribution in [2.24, 2.45) is 5.92 Å². The molecule has 0 saturated carbocycles. The van der Waals surface area contributed by atoms with Gasteiger partial charge in [0.05, 0.1) is 5.92 Å². The zero-order chi connectivity index (χ0) is 22.1. The molecule has 0 bridgehead atoms. The van der Waals surface area contributed by atoms with Gasteiger partial charge in [-0.1, -0.05) is 6.07 Å². The molecule has 8 nitrogen and oxygen atoms in total. The summed E-state index contributed by atoms with van der Waals surface area (Å²) in [7, 11) is 0. The minimum atomic E-state index is -0.477. The fourth-order valence-corrected chi connectivity index (χ4v) is 4.44. The van der Waals surface area contributed by atoms with Gasteiger partial charge in [-0.25, -0.2) is 0 Å². The van der Waals surface area contributed by atoms with Crippen LogP contribution in [0.5, 0.6) is 11.5 Å². The minimum absolute atomic E-state index is 0.00849. The Balaban J connectivity index is 1.24. The summed E-state index contributed by atoms with van der Waals surface area (Å²) in [5.41, 5.74) is 1.81. The topological polar surface area (TPSA) is 88.2 Å². The number of piperidine rings is 1. The predicted octanol–water partition coefficient (Wildman–Crippen LogP) is 3.03. The number of likely N-dealkylation sites (tertiary alicyclic amines) is 1. The lowest BCUT2D eigenvalue weighted by atomic mass is 10.1. The van der Waals surface area contributed by atoms with Crippen molar-refractivity contribution in [1.82, 2.24) is 4.90 Å². The van der Waals surface area contributed by atoms with Crippen molar-refractivity contribution >= 4 is 29.1 Å². The molecule has 0 aliphatic carbocycles. The van der Waals surface area contributed by atoms with Crippen LogP contribution < -0.4 is 19.7 Å². The van der Waals surface area contributed by atoms with E-state index in [2.05, 4.69) is 5.32 Å². The number of benzene rings is 2. The van der Waals surface area contributed by atoms with Crippen molar-refractivity contribution in [2.45, 2.75) is 25.7 Å². The Bertz CT molecular complexity index is 1060. The van der Waals surface area contributed by atoms with E-state index in [9.17, 15) is 14.4 Å². The third-order valence-electron chi connectivity index (χ3n) is 6.18. The van der Waals surface area contributed by atoms with Crippen LogP contribution in [-0.4, -0.2) is 49.0 Å². The molecule has 1 atom stereocenters. The monoisotopic (exact) mass is 435 g/mol. The van der Waals surface area contributed by atoms with E-state index >= 15 is 0 Å². The summed E-state index contributed by atoms with van der Waals surface area (Å²) in [5.74, 6) is 0.412. The highest BCUT2D eigenvalue weighted by molar-refractivity contribution is 6.04. The van der Waals surface area contributed by atoms with Gasteiger partial charge in [0.2, 0.25) is 18.6 Å². The molecular weight excluding hydrogens is 410 g/mol. The Hall–Kier alpha value is -3.55. The highest BCUT2D eigenvalue weighted by Crippen LogP contribution is 2.37.